The van der Waals surface area contributed by atoms with Gasteiger partial charge in [-0.3, -0.25) is 10.1 Å². The van der Waals surface area contributed by atoms with Crippen molar-refractivity contribution in [2.75, 3.05) is 11.5 Å². The highest BCUT2D eigenvalue weighted by molar-refractivity contribution is 8.23. The molecule has 2 heterocycles. The minimum atomic E-state index is -0.962. The molecule has 0 aliphatic carbocycles. The summed E-state index contributed by atoms with van der Waals surface area (Å²) in [5.74, 6) is 0.836. The van der Waals surface area contributed by atoms with Gasteiger partial charge < -0.3 is 5.11 Å². The van der Waals surface area contributed by atoms with Crippen LogP contribution in [0.2, 0.25) is 0 Å². The molecule has 1 aliphatic rings. The van der Waals surface area contributed by atoms with Crippen LogP contribution in [0.4, 0.5) is 5.69 Å². The van der Waals surface area contributed by atoms with Gasteiger partial charge >= 0.3 is 5.97 Å². The van der Waals surface area contributed by atoms with Crippen molar-refractivity contribution < 1.29 is 14.8 Å². The van der Waals surface area contributed by atoms with Crippen LogP contribution in [-0.2, 0) is 4.79 Å². The number of hydrogen-bond donors (Lipinski definition) is 1. The van der Waals surface area contributed by atoms with Crippen molar-refractivity contribution in [2.45, 2.75) is 13.3 Å². The van der Waals surface area contributed by atoms with E-state index < -0.39 is 10.9 Å². The second kappa shape index (κ2) is 8.49. The lowest BCUT2D eigenvalue weighted by Crippen LogP contribution is -2.06. The van der Waals surface area contributed by atoms with Gasteiger partial charge in [-0.15, -0.1) is 23.5 Å². The van der Waals surface area contributed by atoms with Gasteiger partial charge in [-0.2, -0.15) is 0 Å². The van der Waals surface area contributed by atoms with E-state index in [2.05, 4.69) is 0 Å². The molecule has 1 aromatic heterocycles. The van der Waals surface area contributed by atoms with Gasteiger partial charge in [0, 0.05) is 28.6 Å². The van der Waals surface area contributed by atoms with Crippen molar-refractivity contribution in [3.05, 3.63) is 74.0 Å². The normalized spacial score (nSPS) is 14.0. The quantitative estimate of drug-likeness (QED) is 0.315. The molecule has 0 atom stereocenters. The second-order valence-corrected chi connectivity index (χ2v) is 9.37. The summed E-state index contributed by atoms with van der Waals surface area (Å²) in [5.41, 5.74) is 3.92. The number of nitrogens with zero attached hydrogens (tertiary/aromatic N) is 2. The smallest absolute Gasteiger partial charge is 0.338 e. The predicted octanol–water partition coefficient (Wildman–Crippen LogP) is 5.74. The molecule has 0 bridgehead atoms. The highest BCUT2D eigenvalue weighted by atomic mass is 32.2. The van der Waals surface area contributed by atoms with Crippen LogP contribution in [0.1, 0.15) is 17.5 Å². The first-order chi connectivity index (χ1) is 14.4. The Bertz CT molecular complexity index is 1180. The van der Waals surface area contributed by atoms with Crippen molar-refractivity contribution in [1.82, 2.24) is 4.98 Å². The number of pyridine rings is 1. The number of carboxylic acids is 1. The van der Waals surface area contributed by atoms with Crippen LogP contribution in [0, 0.1) is 17.0 Å². The molecule has 1 saturated heterocycles. The number of carbonyl (C=O) groups is 1. The molecule has 6 nitrogen and oxygen atoms in total. The summed E-state index contributed by atoms with van der Waals surface area (Å²) in [7, 11) is 0. The number of nitro benzene ring substituents is 1. The Morgan fingerprint density at radius 1 is 1.10 bits per heavy atom. The van der Waals surface area contributed by atoms with Crippen LogP contribution in [-0.4, -0.2) is 32.5 Å². The number of aryl methyl sites for hydroxylation is 1. The number of fused-ring (bicyclic) bond motifs is 1. The summed E-state index contributed by atoms with van der Waals surface area (Å²) >= 11 is 3.16. The van der Waals surface area contributed by atoms with Crippen LogP contribution in [0.3, 0.4) is 0 Å². The maximum Gasteiger partial charge on any atom is 0.338 e. The standard InChI is InChI=1S/C22H18N2O4S2/c1-13-3-8-18-16(11-13)17(20(21(25)26)22-29-9-2-10-30-22)12-19(23-18)14-4-6-15(7-5-14)24(27)28/h3-8,11-12H,2,9-10H2,1H3,(H,25,26). The SMILES string of the molecule is Cc1ccc2nc(-c3ccc([N+](=O)[O-])cc3)cc(C(C(=O)O)=C3SCCCS3)c2c1. The number of aromatic nitrogens is 1. The van der Waals surface area contributed by atoms with E-state index in [4.69, 9.17) is 4.98 Å². The lowest BCUT2D eigenvalue weighted by molar-refractivity contribution is -0.384. The van der Waals surface area contributed by atoms with E-state index in [9.17, 15) is 20.0 Å². The van der Waals surface area contributed by atoms with E-state index >= 15 is 0 Å². The molecular formula is C22H18N2O4S2. The predicted molar refractivity (Wildman–Crippen MR) is 123 cm³/mol. The molecule has 30 heavy (non-hydrogen) atoms. The maximum absolute atomic E-state index is 12.3. The van der Waals surface area contributed by atoms with Gasteiger partial charge in [0.05, 0.1) is 25.9 Å². The number of carboxylic acid groups (broad SMARTS) is 1. The third kappa shape index (κ3) is 4.06. The van der Waals surface area contributed by atoms with Gasteiger partial charge in [0.15, 0.2) is 0 Å². The Balaban J connectivity index is 1.96. The van der Waals surface area contributed by atoms with Crippen LogP contribution >= 0.6 is 23.5 Å². The fourth-order valence-corrected chi connectivity index (χ4v) is 5.98. The van der Waals surface area contributed by atoms with Crippen LogP contribution < -0.4 is 0 Å². The molecular weight excluding hydrogens is 420 g/mol. The number of benzene rings is 2. The van der Waals surface area contributed by atoms with Gasteiger partial charge in [0.1, 0.15) is 0 Å². The fourth-order valence-electron chi connectivity index (χ4n) is 3.34. The molecule has 4 rings (SSSR count). The summed E-state index contributed by atoms with van der Waals surface area (Å²) in [6.07, 6.45) is 1.05. The first kappa shape index (κ1) is 20.4. The van der Waals surface area contributed by atoms with Gasteiger partial charge in [0.25, 0.3) is 5.69 Å². The maximum atomic E-state index is 12.3. The number of non-ortho nitro benzene ring substituents is 1. The molecule has 8 heteroatoms. The van der Waals surface area contributed by atoms with Crippen molar-refractivity contribution in [2.24, 2.45) is 0 Å². The molecule has 0 amide bonds. The van der Waals surface area contributed by atoms with E-state index in [1.54, 1.807) is 41.7 Å². The Kier molecular flexibility index (Phi) is 5.78. The first-order valence-corrected chi connectivity index (χ1v) is 11.3. The summed E-state index contributed by atoms with van der Waals surface area (Å²) < 4.78 is 0.817. The molecule has 2 aromatic carbocycles. The lowest BCUT2D eigenvalue weighted by atomic mass is 9.98. The zero-order valence-electron chi connectivity index (χ0n) is 16.1. The Hall–Kier alpha value is -2.84. The van der Waals surface area contributed by atoms with Gasteiger partial charge in [0.2, 0.25) is 0 Å². The van der Waals surface area contributed by atoms with Crippen molar-refractivity contribution in [3.63, 3.8) is 0 Å². The first-order valence-electron chi connectivity index (χ1n) is 9.34. The fraction of sp³-hybridized carbons (Fsp3) is 0.182. The van der Waals surface area contributed by atoms with Gasteiger partial charge in [-0.25, -0.2) is 9.78 Å². The zero-order chi connectivity index (χ0) is 21.3. The molecule has 152 valence electrons. The van der Waals surface area contributed by atoms with Gasteiger partial charge in [-0.05, 0) is 55.2 Å². The minimum absolute atomic E-state index is 0.00117. The van der Waals surface area contributed by atoms with Crippen molar-refractivity contribution in [3.8, 4) is 11.3 Å². The molecule has 3 aromatic rings. The van der Waals surface area contributed by atoms with Gasteiger partial charge in [-0.1, -0.05) is 11.6 Å². The minimum Gasteiger partial charge on any atom is -0.478 e. The number of aliphatic carboxylic acids is 1. The largest absolute Gasteiger partial charge is 0.478 e. The molecule has 1 N–H and O–H groups in total. The molecule has 1 fully saturated rings. The lowest BCUT2D eigenvalue weighted by Gasteiger charge is -2.18. The van der Waals surface area contributed by atoms with Crippen LogP contribution in [0.5, 0.6) is 0 Å². The molecule has 1 aliphatic heterocycles. The molecule has 0 saturated carbocycles. The number of nitro groups is 1. The highest BCUT2D eigenvalue weighted by Crippen LogP contribution is 2.42. The van der Waals surface area contributed by atoms with E-state index in [1.807, 2.05) is 25.1 Å². The monoisotopic (exact) mass is 438 g/mol. The van der Waals surface area contributed by atoms with E-state index in [0.29, 0.717) is 27.9 Å². The Morgan fingerprint density at radius 3 is 2.43 bits per heavy atom. The summed E-state index contributed by atoms with van der Waals surface area (Å²) in [4.78, 5) is 27.5. The third-order valence-electron chi connectivity index (χ3n) is 4.78. The molecule has 0 radical (unpaired) electrons. The molecule has 0 unspecified atom stereocenters. The average molecular weight is 439 g/mol. The Labute approximate surface area is 181 Å². The zero-order valence-corrected chi connectivity index (χ0v) is 17.8. The van der Waals surface area contributed by atoms with E-state index in [1.165, 1.54) is 12.1 Å². The van der Waals surface area contributed by atoms with Crippen molar-refractivity contribution >= 4 is 51.7 Å². The van der Waals surface area contributed by atoms with Crippen LogP contribution in [0.15, 0.2) is 52.8 Å². The molecule has 0 spiro atoms. The van der Waals surface area contributed by atoms with Crippen LogP contribution in [0.25, 0.3) is 27.7 Å². The summed E-state index contributed by atoms with van der Waals surface area (Å²) in [5, 5.41) is 21.8. The van der Waals surface area contributed by atoms with Crippen molar-refractivity contribution in [1.29, 1.82) is 0 Å². The second-order valence-electron chi connectivity index (χ2n) is 6.90. The third-order valence-corrected chi connectivity index (χ3v) is 7.41. The summed E-state index contributed by atoms with van der Waals surface area (Å²) in [6, 6.07) is 13.7. The Morgan fingerprint density at radius 2 is 1.80 bits per heavy atom. The number of thioether (sulfide) groups is 2. The van der Waals surface area contributed by atoms with E-state index in [0.717, 1.165) is 33.1 Å². The van der Waals surface area contributed by atoms with E-state index in [-0.39, 0.29) is 5.69 Å². The number of hydrogen-bond acceptors (Lipinski definition) is 6. The summed E-state index contributed by atoms with van der Waals surface area (Å²) in [6.45, 7) is 1.96. The average Bonchev–Trinajstić information content (AvgIpc) is 2.74. The topological polar surface area (TPSA) is 93.3 Å². The highest BCUT2D eigenvalue weighted by Gasteiger charge is 2.23. The number of rotatable bonds is 4.